The van der Waals surface area contributed by atoms with E-state index in [1.54, 1.807) is 18.2 Å². The van der Waals surface area contributed by atoms with E-state index in [0.717, 1.165) is 16.7 Å². The molecule has 1 N–H and O–H groups in total. The number of carboxylic acids is 1. The maximum Gasteiger partial charge on any atom is 0.308 e. The number of nitro benzene ring substituents is 1. The third-order valence-corrected chi connectivity index (χ3v) is 4.37. The van der Waals surface area contributed by atoms with Gasteiger partial charge in [0.25, 0.3) is 5.69 Å². The van der Waals surface area contributed by atoms with Gasteiger partial charge in [-0.2, -0.15) is 0 Å². The normalized spacial score (nSPS) is 10.8. The molecule has 23 heavy (non-hydrogen) atoms. The Hall–Kier alpha value is -2.67. The second-order valence-corrected chi connectivity index (χ2v) is 5.69. The first kappa shape index (κ1) is 15.2. The van der Waals surface area contributed by atoms with Crippen LogP contribution in [0, 0.1) is 10.1 Å². The number of non-ortho nitro benzene ring substituents is 1. The van der Waals surface area contributed by atoms with Crippen molar-refractivity contribution in [3.63, 3.8) is 0 Å². The number of halogens is 1. The molecule has 7 heteroatoms. The van der Waals surface area contributed by atoms with Gasteiger partial charge in [0.05, 0.1) is 17.6 Å². The van der Waals surface area contributed by atoms with E-state index in [2.05, 4.69) is 15.9 Å². The first-order valence-electron chi connectivity index (χ1n) is 6.63. The molecule has 0 aromatic heterocycles. The van der Waals surface area contributed by atoms with Crippen molar-refractivity contribution in [2.24, 2.45) is 0 Å². The van der Waals surface area contributed by atoms with Gasteiger partial charge in [-0.3, -0.25) is 14.9 Å². The molecule has 3 rings (SSSR count). The summed E-state index contributed by atoms with van der Waals surface area (Å²) in [5.41, 5.74) is 2.79. The van der Waals surface area contributed by atoms with Crippen LogP contribution in [0.5, 0.6) is 0 Å². The maximum atomic E-state index is 11.1. The third kappa shape index (κ3) is 2.70. The Bertz CT molecular complexity index is 869. The Balaban J connectivity index is 2.19. The number of fused-ring (bicyclic) bond motifs is 1. The topological polar surface area (TPSA) is 93.6 Å². The summed E-state index contributed by atoms with van der Waals surface area (Å²) >= 11 is 3.45. The molecular weight excluding hydrogens is 366 g/mol. The van der Waals surface area contributed by atoms with Gasteiger partial charge in [0.1, 0.15) is 5.76 Å². The molecule has 1 aliphatic carbocycles. The molecule has 0 unspecified atom stereocenters. The number of hydrogen-bond acceptors (Lipinski definition) is 4. The van der Waals surface area contributed by atoms with Gasteiger partial charge in [0, 0.05) is 33.3 Å². The number of aliphatic carboxylic acids is 1. The van der Waals surface area contributed by atoms with Gasteiger partial charge in [0.2, 0.25) is 0 Å². The van der Waals surface area contributed by atoms with Crippen molar-refractivity contribution in [2.45, 2.75) is 6.42 Å². The van der Waals surface area contributed by atoms with Gasteiger partial charge >= 0.3 is 5.97 Å². The van der Waals surface area contributed by atoms with Crippen LogP contribution in [0.2, 0.25) is 0 Å². The second-order valence-electron chi connectivity index (χ2n) is 4.90. The predicted molar refractivity (Wildman–Crippen MR) is 86.5 cm³/mol. The number of nitro groups is 1. The zero-order valence-electron chi connectivity index (χ0n) is 11.7. The van der Waals surface area contributed by atoms with Crippen molar-refractivity contribution in [1.29, 1.82) is 0 Å². The highest BCUT2D eigenvalue weighted by atomic mass is 79.9. The molecule has 0 atom stereocenters. The quantitative estimate of drug-likeness (QED) is 0.540. The van der Waals surface area contributed by atoms with Crippen LogP contribution in [-0.4, -0.2) is 16.0 Å². The van der Waals surface area contributed by atoms with Gasteiger partial charge < -0.3 is 9.52 Å². The molecule has 0 bridgehead atoms. The lowest BCUT2D eigenvalue weighted by Crippen LogP contribution is -2.00. The van der Waals surface area contributed by atoms with E-state index in [1.807, 2.05) is 6.07 Å². The van der Waals surface area contributed by atoms with E-state index in [0.29, 0.717) is 15.8 Å². The fraction of sp³-hybridized carbons (Fsp3) is 0.0625. The smallest absolute Gasteiger partial charge is 0.308 e. The summed E-state index contributed by atoms with van der Waals surface area (Å²) in [6, 6.07) is 9.64. The second kappa shape index (κ2) is 5.85. The van der Waals surface area contributed by atoms with Crippen molar-refractivity contribution in [3.05, 3.63) is 62.8 Å². The zero-order valence-corrected chi connectivity index (χ0v) is 13.2. The highest BCUT2D eigenvalue weighted by Gasteiger charge is 2.26. The third-order valence-electron chi connectivity index (χ3n) is 3.49. The molecular formula is C16H10BrNO5. The first-order chi connectivity index (χ1) is 11.0. The molecule has 2 aliphatic rings. The minimum absolute atomic E-state index is 0.00354. The van der Waals surface area contributed by atoms with Crippen LogP contribution in [0.25, 0.3) is 22.5 Å². The number of carboxylic acid groups (broad SMARTS) is 1. The van der Waals surface area contributed by atoms with Crippen LogP contribution in [0.3, 0.4) is 0 Å². The monoisotopic (exact) mass is 375 g/mol. The zero-order chi connectivity index (χ0) is 16.6. The fourth-order valence-electron chi connectivity index (χ4n) is 2.52. The molecule has 116 valence electrons. The van der Waals surface area contributed by atoms with E-state index in [4.69, 9.17) is 9.52 Å². The van der Waals surface area contributed by atoms with Crippen LogP contribution >= 0.6 is 15.9 Å². The molecule has 1 heterocycles. The van der Waals surface area contributed by atoms with Crippen molar-refractivity contribution in [3.8, 4) is 22.5 Å². The minimum atomic E-state index is -0.966. The molecule has 0 saturated carbocycles. The predicted octanol–water partition coefficient (Wildman–Crippen LogP) is 4.35. The summed E-state index contributed by atoms with van der Waals surface area (Å²) in [6.07, 6.45) is 1.30. The maximum absolute atomic E-state index is 11.1. The van der Waals surface area contributed by atoms with Crippen LogP contribution < -0.4 is 0 Å². The van der Waals surface area contributed by atoms with Gasteiger partial charge in [-0.1, -0.05) is 0 Å². The Morgan fingerprint density at radius 3 is 2.57 bits per heavy atom. The molecule has 6 nitrogen and oxygen atoms in total. The highest BCUT2D eigenvalue weighted by molar-refractivity contribution is 9.10. The lowest BCUT2D eigenvalue weighted by Gasteiger charge is -2.04. The van der Waals surface area contributed by atoms with E-state index < -0.39 is 10.9 Å². The molecule has 1 aliphatic heterocycles. The van der Waals surface area contributed by atoms with Crippen molar-refractivity contribution in [2.75, 3.05) is 0 Å². The SMILES string of the molecule is O=C(O)Cc1c2occcc-2c(-c2ccc([N+](=O)[O-])cc2)c1Br. The molecule has 1 aromatic carbocycles. The summed E-state index contributed by atoms with van der Waals surface area (Å²) < 4.78 is 6.11. The van der Waals surface area contributed by atoms with E-state index >= 15 is 0 Å². The molecule has 0 spiro atoms. The average molecular weight is 376 g/mol. The Labute approximate surface area is 139 Å². The lowest BCUT2D eigenvalue weighted by atomic mass is 10.0. The van der Waals surface area contributed by atoms with Gasteiger partial charge in [0.15, 0.2) is 0 Å². The van der Waals surface area contributed by atoms with Crippen LogP contribution in [0.1, 0.15) is 5.56 Å². The molecule has 0 radical (unpaired) electrons. The van der Waals surface area contributed by atoms with Gasteiger partial charge in [-0.15, -0.1) is 0 Å². The first-order valence-corrected chi connectivity index (χ1v) is 7.42. The number of carbonyl (C=O) groups is 1. The van der Waals surface area contributed by atoms with E-state index in [9.17, 15) is 14.9 Å². The molecule has 0 saturated heterocycles. The fourth-order valence-corrected chi connectivity index (χ4v) is 3.29. The summed E-state index contributed by atoms with van der Waals surface area (Å²) in [7, 11) is 0. The van der Waals surface area contributed by atoms with Gasteiger partial charge in [-0.05, 0) is 45.8 Å². The Morgan fingerprint density at radius 1 is 1.26 bits per heavy atom. The average Bonchev–Trinajstić information content (AvgIpc) is 2.80. The van der Waals surface area contributed by atoms with Crippen LogP contribution in [0.15, 0.2) is 51.6 Å². The number of benzene rings is 1. The van der Waals surface area contributed by atoms with Crippen LogP contribution in [-0.2, 0) is 11.2 Å². The minimum Gasteiger partial charge on any atom is -0.481 e. The Kier molecular flexibility index (Phi) is 3.87. The highest BCUT2D eigenvalue weighted by Crippen LogP contribution is 2.46. The molecule has 1 aromatic rings. The van der Waals surface area contributed by atoms with Crippen LogP contribution in [0.4, 0.5) is 5.69 Å². The van der Waals surface area contributed by atoms with Crippen molar-refractivity contribution in [1.82, 2.24) is 0 Å². The van der Waals surface area contributed by atoms with Crippen molar-refractivity contribution >= 4 is 27.6 Å². The standard InChI is InChI=1S/C16H10BrNO5/c17-15-12(8-13(19)20)16-11(2-1-7-23-16)14(15)9-3-5-10(6-4-9)18(21)22/h1-7H,8H2,(H,19,20). The molecule has 0 amide bonds. The summed E-state index contributed by atoms with van der Waals surface area (Å²) in [5, 5.41) is 19.9. The summed E-state index contributed by atoms with van der Waals surface area (Å²) in [6.45, 7) is 0. The Morgan fingerprint density at radius 2 is 1.96 bits per heavy atom. The van der Waals surface area contributed by atoms with Crippen molar-refractivity contribution < 1.29 is 19.2 Å². The van der Waals surface area contributed by atoms with E-state index in [-0.39, 0.29) is 12.1 Å². The summed E-state index contributed by atoms with van der Waals surface area (Å²) in [4.78, 5) is 21.4. The number of rotatable bonds is 4. The lowest BCUT2D eigenvalue weighted by molar-refractivity contribution is -0.384. The summed E-state index contributed by atoms with van der Waals surface area (Å²) in [5.74, 6) is -0.470. The number of hydrogen-bond donors (Lipinski definition) is 1. The number of nitrogens with zero attached hydrogens (tertiary/aromatic N) is 1. The molecule has 0 fully saturated rings. The van der Waals surface area contributed by atoms with Gasteiger partial charge in [-0.25, -0.2) is 0 Å². The van der Waals surface area contributed by atoms with E-state index in [1.165, 1.54) is 18.4 Å². The largest absolute Gasteiger partial charge is 0.481 e.